The highest BCUT2D eigenvalue weighted by atomic mass is 35.5. The van der Waals surface area contributed by atoms with Gasteiger partial charge in [-0.1, -0.05) is 207 Å². The molecule has 0 fully saturated rings. The molecule has 0 atom stereocenters. The summed E-state index contributed by atoms with van der Waals surface area (Å²) in [5.41, 5.74) is 24.6. The Hall–Kier alpha value is -1.67. The molecule has 2 nitrogen and oxygen atoms in total. The first-order valence-corrected chi connectivity index (χ1v) is 24.4. The van der Waals surface area contributed by atoms with Crippen LogP contribution in [0.5, 0.6) is 0 Å². The molecule has 0 aliphatic carbocycles. The second-order valence-corrected chi connectivity index (χ2v) is 17.3. The fourth-order valence-electron chi connectivity index (χ4n) is 8.52. The summed E-state index contributed by atoms with van der Waals surface area (Å²) < 4.78 is 0. The first-order valence-electron chi connectivity index (χ1n) is 24.4. The summed E-state index contributed by atoms with van der Waals surface area (Å²) in [5.74, 6) is 0. The molecule has 318 valence electrons. The molecule has 0 saturated carbocycles. The third-order valence-corrected chi connectivity index (χ3v) is 12.2. The molecule has 0 bridgehead atoms. The maximum atomic E-state index is 7.05. The van der Waals surface area contributed by atoms with Gasteiger partial charge in [0.15, 0.2) is 0 Å². The zero-order chi connectivity index (χ0) is 38.9. The van der Waals surface area contributed by atoms with Crippen molar-refractivity contribution in [3.63, 3.8) is 0 Å². The molecule has 4 N–H and O–H groups in total. The van der Waals surface area contributed by atoms with Crippen LogP contribution in [0.15, 0.2) is 24.3 Å². The minimum absolute atomic E-state index is 0. The largest absolute Gasteiger partial charge is 0.398 e. The third-order valence-electron chi connectivity index (χ3n) is 12.2. The lowest BCUT2D eigenvalue weighted by atomic mass is 9.89. The van der Waals surface area contributed by atoms with Crippen LogP contribution in [0, 0.1) is 0 Å². The van der Waals surface area contributed by atoms with Gasteiger partial charge in [0.2, 0.25) is 0 Å². The number of hydrogen-bond acceptors (Lipinski definition) is 2. The van der Waals surface area contributed by atoms with Gasteiger partial charge in [0, 0.05) is 11.4 Å². The van der Waals surface area contributed by atoms with Gasteiger partial charge in [0.05, 0.1) is 0 Å². The number of nitrogen functional groups attached to an aromatic ring is 2. The van der Waals surface area contributed by atoms with E-state index in [0.29, 0.717) is 0 Å². The first kappa shape index (κ1) is 51.3. The fourth-order valence-corrected chi connectivity index (χ4v) is 8.52. The first-order chi connectivity index (χ1) is 26.5. The van der Waals surface area contributed by atoms with Gasteiger partial charge in [-0.25, -0.2) is 0 Å². The molecule has 0 aliphatic rings. The highest BCUT2D eigenvalue weighted by Crippen LogP contribution is 2.34. The number of unbranched alkanes of at least 4 members (excludes halogenated alkanes) is 28. The van der Waals surface area contributed by atoms with E-state index < -0.39 is 0 Å². The van der Waals surface area contributed by atoms with E-state index in [-0.39, 0.29) is 12.4 Å². The standard InChI is InChI=1S/C52H92N2.ClH/c1-5-9-13-17-21-25-29-33-37-45-41-49(42-46(51(45)53)38-34-30-26-22-18-14-10-6-2)50-43-47(39-35-31-27-23-19-15-11-7-3)52(54)48(44-50)40-36-32-28-24-20-16-12-8-4;/h41-44H,5-40,53-54H2,1-4H3;1H. The van der Waals surface area contributed by atoms with Gasteiger partial charge in [-0.05, 0) is 109 Å². The van der Waals surface area contributed by atoms with E-state index in [1.807, 2.05) is 0 Å². The molecule has 0 spiro atoms. The maximum absolute atomic E-state index is 7.05. The van der Waals surface area contributed by atoms with Crippen molar-refractivity contribution in [1.82, 2.24) is 0 Å². The molecule has 0 unspecified atom stereocenters. The van der Waals surface area contributed by atoms with Crippen molar-refractivity contribution in [2.45, 2.75) is 259 Å². The Morgan fingerprint density at radius 2 is 0.436 bits per heavy atom. The Morgan fingerprint density at radius 1 is 0.273 bits per heavy atom. The van der Waals surface area contributed by atoms with Crippen LogP contribution in [0.1, 0.15) is 255 Å². The van der Waals surface area contributed by atoms with Crippen molar-refractivity contribution in [3.05, 3.63) is 46.5 Å². The van der Waals surface area contributed by atoms with Gasteiger partial charge in [-0.15, -0.1) is 12.4 Å². The number of aryl methyl sites for hydroxylation is 4. The summed E-state index contributed by atoms with van der Waals surface area (Å²) in [6.45, 7) is 9.23. The lowest BCUT2D eigenvalue weighted by molar-refractivity contribution is 0.574. The Bertz CT molecular complexity index is 999. The quantitative estimate of drug-likeness (QED) is 0.0530. The predicted octanol–water partition coefficient (Wildman–Crippen LogP) is 17.7. The van der Waals surface area contributed by atoms with Crippen molar-refractivity contribution in [3.8, 4) is 11.1 Å². The molecule has 2 aromatic carbocycles. The molecule has 0 amide bonds. The second kappa shape index (κ2) is 35.5. The molecule has 0 saturated heterocycles. The highest BCUT2D eigenvalue weighted by molar-refractivity contribution is 5.85. The Balaban J connectivity index is 0.0000151. The van der Waals surface area contributed by atoms with Gasteiger partial charge >= 0.3 is 0 Å². The van der Waals surface area contributed by atoms with Gasteiger partial charge < -0.3 is 11.5 Å². The predicted molar refractivity (Wildman–Crippen MR) is 253 cm³/mol. The van der Waals surface area contributed by atoms with Crippen molar-refractivity contribution in [2.24, 2.45) is 0 Å². The third kappa shape index (κ3) is 24.0. The van der Waals surface area contributed by atoms with Crippen LogP contribution < -0.4 is 11.5 Å². The Labute approximate surface area is 350 Å². The molecule has 2 aromatic rings. The minimum Gasteiger partial charge on any atom is -0.398 e. The normalized spacial score (nSPS) is 11.3. The van der Waals surface area contributed by atoms with Crippen LogP contribution in [-0.4, -0.2) is 0 Å². The summed E-state index contributed by atoms with van der Waals surface area (Å²) in [6, 6.07) is 9.89. The van der Waals surface area contributed by atoms with E-state index in [9.17, 15) is 0 Å². The lowest BCUT2D eigenvalue weighted by Gasteiger charge is -2.18. The molecule has 3 heteroatoms. The van der Waals surface area contributed by atoms with E-state index in [1.165, 1.54) is 239 Å². The van der Waals surface area contributed by atoms with Gasteiger partial charge in [0.1, 0.15) is 0 Å². The molecule has 0 aromatic heterocycles. The number of halogens is 1. The lowest BCUT2D eigenvalue weighted by Crippen LogP contribution is -2.04. The number of benzene rings is 2. The van der Waals surface area contributed by atoms with E-state index in [0.717, 1.165) is 37.1 Å². The van der Waals surface area contributed by atoms with E-state index >= 15 is 0 Å². The average Bonchev–Trinajstić information content (AvgIpc) is 3.18. The zero-order valence-corrected chi connectivity index (χ0v) is 38.1. The Morgan fingerprint density at radius 3 is 0.618 bits per heavy atom. The van der Waals surface area contributed by atoms with E-state index in [2.05, 4.69) is 52.0 Å². The van der Waals surface area contributed by atoms with Crippen LogP contribution in [0.25, 0.3) is 11.1 Å². The monoisotopic (exact) mass is 781 g/mol. The number of hydrogen-bond donors (Lipinski definition) is 2. The fraction of sp³-hybridized carbons (Fsp3) is 0.769. The summed E-state index contributed by atoms with van der Waals surface area (Å²) in [6.07, 6.45) is 47.6. The van der Waals surface area contributed by atoms with Crippen molar-refractivity contribution >= 4 is 23.8 Å². The molecule has 0 heterocycles. The van der Waals surface area contributed by atoms with Gasteiger partial charge in [-0.3, -0.25) is 0 Å². The zero-order valence-electron chi connectivity index (χ0n) is 37.3. The molecular formula is C52H93ClN2. The highest BCUT2D eigenvalue weighted by Gasteiger charge is 2.14. The minimum atomic E-state index is 0. The van der Waals surface area contributed by atoms with Gasteiger partial charge in [-0.2, -0.15) is 0 Å². The van der Waals surface area contributed by atoms with Crippen molar-refractivity contribution in [2.75, 3.05) is 11.5 Å². The molecule has 2 rings (SSSR count). The van der Waals surface area contributed by atoms with E-state index in [1.54, 1.807) is 0 Å². The summed E-state index contributed by atoms with van der Waals surface area (Å²) >= 11 is 0. The average molecular weight is 782 g/mol. The summed E-state index contributed by atoms with van der Waals surface area (Å²) in [7, 11) is 0. The summed E-state index contributed by atoms with van der Waals surface area (Å²) in [5, 5.41) is 0. The van der Waals surface area contributed by atoms with Crippen LogP contribution in [0.2, 0.25) is 0 Å². The van der Waals surface area contributed by atoms with E-state index in [4.69, 9.17) is 11.5 Å². The molecule has 55 heavy (non-hydrogen) atoms. The number of rotatable bonds is 37. The van der Waals surface area contributed by atoms with Crippen LogP contribution in [0.4, 0.5) is 11.4 Å². The molecular weight excluding hydrogens is 688 g/mol. The van der Waals surface area contributed by atoms with Crippen LogP contribution in [-0.2, 0) is 25.7 Å². The molecule has 0 aliphatic heterocycles. The van der Waals surface area contributed by atoms with Crippen molar-refractivity contribution in [1.29, 1.82) is 0 Å². The number of nitrogens with two attached hydrogens (primary N) is 2. The summed E-state index contributed by atoms with van der Waals surface area (Å²) in [4.78, 5) is 0. The topological polar surface area (TPSA) is 52.0 Å². The number of anilines is 2. The SMILES string of the molecule is CCCCCCCCCCc1cc(-c2cc(CCCCCCCCCC)c(N)c(CCCCCCCCCC)c2)cc(CCCCCCCCCC)c1N.Cl. The second-order valence-electron chi connectivity index (χ2n) is 17.3. The van der Waals surface area contributed by atoms with Crippen LogP contribution in [0.3, 0.4) is 0 Å². The Kier molecular flexibility index (Phi) is 33.1. The van der Waals surface area contributed by atoms with Gasteiger partial charge in [0.25, 0.3) is 0 Å². The smallest absolute Gasteiger partial charge is 0.0379 e. The van der Waals surface area contributed by atoms with Crippen molar-refractivity contribution < 1.29 is 0 Å². The molecule has 0 radical (unpaired) electrons. The maximum Gasteiger partial charge on any atom is 0.0379 e. The van der Waals surface area contributed by atoms with Crippen LogP contribution >= 0.6 is 12.4 Å².